The van der Waals surface area contributed by atoms with Gasteiger partial charge in [0.2, 0.25) is 0 Å². The Morgan fingerprint density at radius 3 is 2.59 bits per heavy atom. The van der Waals surface area contributed by atoms with E-state index in [0.717, 1.165) is 12.3 Å². The Kier molecular flexibility index (Phi) is 4.14. The summed E-state index contributed by atoms with van der Waals surface area (Å²) in [5.41, 5.74) is 6.33. The highest BCUT2D eigenvalue weighted by Crippen LogP contribution is 2.36. The van der Waals surface area contributed by atoms with Crippen LogP contribution in [0.4, 0.5) is 0 Å². The minimum absolute atomic E-state index is 0.113. The highest BCUT2D eigenvalue weighted by molar-refractivity contribution is 7.91. The van der Waals surface area contributed by atoms with E-state index in [9.17, 15) is 8.42 Å². The first kappa shape index (κ1) is 13.3. The molecular weight excluding hydrogens is 234 g/mol. The van der Waals surface area contributed by atoms with Crippen molar-refractivity contribution in [3.8, 4) is 0 Å². The van der Waals surface area contributed by atoms with E-state index in [0.29, 0.717) is 17.4 Å². The smallest absolute Gasteiger partial charge is 0.150 e. The number of hydrogen-bond donors (Lipinski definition) is 1. The predicted molar refractivity (Wildman–Crippen MR) is 70.5 cm³/mol. The SMILES string of the molecule is CCC1CCCC(C(N)C2CCS(=O)(=O)C2)C1. The minimum atomic E-state index is -2.78. The largest absolute Gasteiger partial charge is 0.327 e. The van der Waals surface area contributed by atoms with E-state index in [1.807, 2.05) is 0 Å². The zero-order valence-corrected chi connectivity index (χ0v) is 11.6. The Balaban J connectivity index is 1.93. The van der Waals surface area contributed by atoms with Crippen LogP contribution in [0, 0.1) is 17.8 Å². The molecule has 0 bridgehead atoms. The van der Waals surface area contributed by atoms with Crippen molar-refractivity contribution in [2.45, 2.75) is 51.5 Å². The Hall–Kier alpha value is -0.0900. The van der Waals surface area contributed by atoms with Gasteiger partial charge in [-0.2, -0.15) is 0 Å². The van der Waals surface area contributed by atoms with Gasteiger partial charge >= 0.3 is 0 Å². The van der Waals surface area contributed by atoms with Crippen LogP contribution in [0.1, 0.15) is 45.4 Å². The summed E-state index contributed by atoms with van der Waals surface area (Å²) in [4.78, 5) is 0. The summed E-state index contributed by atoms with van der Waals surface area (Å²) in [6.45, 7) is 2.25. The van der Waals surface area contributed by atoms with Crippen molar-refractivity contribution < 1.29 is 8.42 Å². The number of rotatable bonds is 3. The van der Waals surface area contributed by atoms with Crippen LogP contribution in [0.15, 0.2) is 0 Å². The van der Waals surface area contributed by atoms with Gasteiger partial charge in [-0.1, -0.05) is 26.2 Å². The van der Waals surface area contributed by atoms with E-state index >= 15 is 0 Å². The standard InChI is InChI=1S/C13H25NO2S/c1-2-10-4-3-5-11(8-10)13(14)12-6-7-17(15,16)9-12/h10-13H,2-9,14H2,1H3. The highest BCUT2D eigenvalue weighted by Gasteiger charge is 2.36. The van der Waals surface area contributed by atoms with E-state index < -0.39 is 9.84 Å². The second-order valence-electron chi connectivity index (χ2n) is 5.94. The number of nitrogens with two attached hydrogens (primary N) is 1. The molecular formula is C13H25NO2S. The van der Waals surface area contributed by atoms with Gasteiger partial charge < -0.3 is 5.73 Å². The molecule has 2 aliphatic rings. The zero-order chi connectivity index (χ0) is 12.5. The summed E-state index contributed by atoms with van der Waals surface area (Å²) < 4.78 is 23.0. The van der Waals surface area contributed by atoms with Crippen molar-refractivity contribution in [2.75, 3.05) is 11.5 Å². The Labute approximate surface area is 105 Å². The van der Waals surface area contributed by atoms with Gasteiger partial charge in [0.15, 0.2) is 9.84 Å². The first-order chi connectivity index (χ1) is 8.02. The second-order valence-corrected chi connectivity index (χ2v) is 8.17. The third-order valence-corrected chi connectivity index (χ3v) is 6.55. The molecule has 0 aromatic carbocycles. The maximum atomic E-state index is 11.5. The Morgan fingerprint density at radius 2 is 2.00 bits per heavy atom. The van der Waals surface area contributed by atoms with Gasteiger partial charge in [0, 0.05) is 6.04 Å². The fraction of sp³-hybridized carbons (Fsp3) is 1.00. The molecule has 1 aliphatic carbocycles. The van der Waals surface area contributed by atoms with Crippen LogP contribution in [0.3, 0.4) is 0 Å². The van der Waals surface area contributed by atoms with Crippen molar-refractivity contribution in [2.24, 2.45) is 23.5 Å². The molecule has 0 radical (unpaired) electrons. The Bertz CT molecular complexity index is 352. The van der Waals surface area contributed by atoms with Gasteiger partial charge in [-0.05, 0) is 37.0 Å². The van der Waals surface area contributed by atoms with Crippen molar-refractivity contribution in [1.82, 2.24) is 0 Å². The summed E-state index contributed by atoms with van der Waals surface area (Å²) in [6, 6.07) is 0.113. The Morgan fingerprint density at radius 1 is 1.24 bits per heavy atom. The van der Waals surface area contributed by atoms with Crippen LogP contribution in [-0.2, 0) is 9.84 Å². The van der Waals surface area contributed by atoms with E-state index in [2.05, 4.69) is 6.92 Å². The molecule has 1 heterocycles. The molecule has 1 saturated heterocycles. The molecule has 2 fully saturated rings. The maximum Gasteiger partial charge on any atom is 0.150 e. The van der Waals surface area contributed by atoms with E-state index in [1.54, 1.807) is 0 Å². The molecule has 2 N–H and O–H groups in total. The third kappa shape index (κ3) is 3.22. The van der Waals surface area contributed by atoms with Gasteiger partial charge in [0.25, 0.3) is 0 Å². The summed E-state index contributed by atoms with van der Waals surface area (Å²) in [5, 5.41) is 0. The quantitative estimate of drug-likeness (QED) is 0.843. The molecule has 3 nitrogen and oxygen atoms in total. The lowest BCUT2D eigenvalue weighted by molar-refractivity contribution is 0.200. The average molecular weight is 259 g/mol. The first-order valence-corrected chi connectivity index (χ1v) is 8.80. The van der Waals surface area contributed by atoms with Crippen molar-refractivity contribution >= 4 is 9.84 Å². The average Bonchev–Trinajstić information content (AvgIpc) is 2.69. The van der Waals surface area contributed by atoms with E-state index in [-0.39, 0.29) is 12.0 Å². The summed E-state index contributed by atoms with van der Waals surface area (Å²) in [7, 11) is -2.78. The fourth-order valence-electron chi connectivity index (χ4n) is 3.57. The van der Waals surface area contributed by atoms with Crippen LogP contribution in [0.25, 0.3) is 0 Å². The summed E-state index contributed by atoms with van der Waals surface area (Å²) in [5.74, 6) is 2.29. The predicted octanol–water partition coefficient (Wildman–Crippen LogP) is 1.96. The van der Waals surface area contributed by atoms with Crippen LogP contribution in [0.5, 0.6) is 0 Å². The van der Waals surface area contributed by atoms with Crippen molar-refractivity contribution in [3.63, 3.8) is 0 Å². The summed E-state index contributed by atoms with van der Waals surface area (Å²) >= 11 is 0. The molecule has 0 aromatic rings. The molecule has 100 valence electrons. The second kappa shape index (κ2) is 5.27. The molecule has 0 aromatic heterocycles. The third-order valence-electron chi connectivity index (χ3n) is 4.76. The van der Waals surface area contributed by atoms with Crippen LogP contribution < -0.4 is 5.73 Å². The monoisotopic (exact) mass is 259 g/mol. The molecule has 4 atom stereocenters. The van der Waals surface area contributed by atoms with Crippen LogP contribution in [0.2, 0.25) is 0 Å². The van der Waals surface area contributed by atoms with Crippen LogP contribution >= 0.6 is 0 Å². The molecule has 0 amide bonds. The lowest BCUT2D eigenvalue weighted by Gasteiger charge is -2.34. The fourth-order valence-corrected chi connectivity index (χ4v) is 5.43. The van der Waals surface area contributed by atoms with Crippen molar-refractivity contribution in [1.29, 1.82) is 0 Å². The van der Waals surface area contributed by atoms with E-state index in [1.165, 1.54) is 32.1 Å². The topological polar surface area (TPSA) is 60.2 Å². The molecule has 17 heavy (non-hydrogen) atoms. The van der Waals surface area contributed by atoms with Gasteiger partial charge in [0.05, 0.1) is 11.5 Å². The summed E-state index contributed by atoms with van der Waals surface area (Å²) in [6.07, 6.45) is 7.06. The molecule has 0 spiro atoms. The maximum absolute atomic E-state index is 11.5. The zero-order valence-electron chi connectivity index (χ0n) is 10.8. The molecule has 1 saturated carbocycles. The highest BCUT2D eigenvalue weighted by atomic mass is 32.2. The normalized spacial score (nSPS) is 39.1. The minimum Gasteiger partial charge on any atom is -0.327 e. The van der Waals surface area contributed by atoms with Gasteiger partial charge in [-0.25, -0.2) is 8.42 Å². The van der Waals surface area contributed by atoms with Gasteiger partial charge in [0.1, 0.15) is 0 Å². The number of hydrogen-bond acceptors (Lipinski definition) is 3. The molecule has 2 rings (SSSR count). The lowest BCUT2D eigenvalue weighted by atomic mass is 9.74. The van der Waals surface area contributed by atoms with Gasteiger partial charge in [-0.3, -0.25) is 0 Å². The molecule has 4 unspecified atom stereocenters. The molecule has 1 aliphatic heterocycles. The first-order valence-electron chi connectivity index (χ1n) is 6.98. The van der Waals surface area contributed by atoms with Crippen LogP contribution in [-0.4, -0.2) is 26.0 Å². The van der Waals surface area contributed by atoms with Crippen molar-refractivity contribution in [3.05, 3.63) is 0 Å². The number of sulfone groups is 1. The lowest BCUT2D eigenvalue weighted by Crippen LogP contribution is -2.40. The van der Waals surface area contributed by atoms with Gasteiger partial charge in [-0.15, -0.1) is 0 Å². The van der Waals surface area contributed by atoms with E-state index in [4.69, 9.17) is 5.73 Å². The molecule has 4 heteroatoms.